The molecule has 3 aliphatic rings. The number of amides is 1. The number of aryl methyl sites for hydroxylation is 1. The summed E-state index contributed by atoms with van der Waals surface area (Å²) in [5.41, 5.74) is 6.80. The predicted molar refractivity (Wildman–Crippen MR) is 158 cm³/mol. The zero-order valence-electron chi connectivity index (χ0n) is 24.7. The molecule has 0 aromatic heterocycles. The number of esters is 1. The van der Waals surface area contributed by atoms with E-state index < -0.39 is 35.6 Å². The van der Waals surface area contributed by atoms with Crippen LogP contribution in [0.2, 0.25) is 5.02 Å². The lowest BCUT2D eigenvalue weighted by atomic mass is 9.82. The van der Waals surface area contributed by atoms with Crippen LogP contribution in [0.25, 0.3) is 0 Å². The number of aliphatic hydroxyl groups is 1. The van der Waals surface area contributed by atoms with Gasteiger partial charge in [0.25, 0.3) is 0 Å². The van der Waals surface area contributed by atoms with Crippen molar-refractivity contribution in [2.24, 2.45) is 17.6 Å². The lowest BCUT2D eigenvalue weighted by Gasteiger charge is -2.44. The second kappa shape index (κ2) is 11.8. The first-order chi connectivity index (χ1) is 19.2. The van der Waals surface area contributed by atoms with E-state index in [1.165, 1.54) is 4.90 Å². The SMILES string of the molecule is C=C1N[C@]2(O)C[C@H](O1)[C@@H](C)[C@@H]1O[C@@]1(C)[C@@H](OC(=O)CN)CC(=O)N(C)c1cc(cc(C)c1Cl)C/C(C)=C/C=C/[C@H]2C. The summed E-state index contributed by atoms with van der Waals surface area (Å²) in [5, 5.41) is 15.1. The monoisotopic (exact) mass is 587 g/mol. The van der Waals surface area contributed by atoms with Crippen molar-refractivity contribution < 1.29 is 28.9 Å². The smallest absolute Gasteiger partial charge is 0.320 e. The van der Waals surface area contributed by atoms with Crippen LogP contribution in [0.3, 0.4) is 0 Å². The van der Waals surface area contributed by atoms with Crippen LogP contribution in [0.5, 0.6) is 0 Å². The molecular formula is C31H42ClN3O6. The van der Waals surface area contributed by atoms with E-state index in [1.807, 2.05) is 65.0 Å². The highest BCUT2D eigenvalue weighted by molar-refractivity contribution is 6.34. The molecule has 0 unspecified atom stereocenters. The minimum absolute atomic E-state index is 0.134. The summed E-state index contributed by atoms with van der Waals surface area (Å²) in [6, 6.07) is 3.92. The Morgan fingerprint density at radius 2 is 2.05 bits per heavy atom. The molecule has 0 spiro atoms. The van der Waals surface area contributed by atoms with Crippen LogP contribution < -0.4 is 16.0 Å². The van der Waals surface area contributed by atoms with Gasteiger partial charge in [-0.05, 0) is 51.0 Å². The Kier molecular flexibility index (Phi) is 8.95. The Balaban J connectivity index is 1.76. The van der Waals surface area contributed by atoms with E-state index in [1.54, 1.807) is 7.05 Å². The highest BCUT2D eigenvalue weighted by Crippen LogP contribution is 2.49. The molecule has 41 heavy (non-hydrogen) atoms. The van der Waals surface area contributed by atoms with Crippen molar-refractivity contribution in [1.29, 1.82) is 0 Å². The number of ether oxygens (including phenoxy) is 3. The van der Waals surface area contributed by atoms with Gasteiger partial charge in [-0.2, -0.15) is 0 Å². The number of rotatable bonds is 2. The normalized spacial score (nSPS) is 36.3. The van der Waals surface area contributed by atoms with E-state index in [4.69, 9.17) is 31.5 Å². The second-order valence-electron chi connectivity index (χ2n) is 11.9. The molecule has 4 N–H and O–H groups in total. The number of anilines is 1. The fourth-order valence-corrected chi connectivity index (χ4v) is 6.10. The molecule has 0 aliphatic carbocycles. The van der Waals surface area contributed by atoms with E-state index in [2.05, 4.69) is 11.9 Å². The lowest BCUT2D eigenvalue weighted by molar-refractivity contribution is -0.152. The van der Waals surface area contributed by atoms with Crippen LogP contribution in [0.4, 0.5) is 5.69 Å². The number of fused-ring (bicyclic) bond motifs is 5. The van der Waals surface area contributed by atoms with Gasteiger partial charge in [-0.15, -0.1) is 0 Å². The van der Waals surface area contributed by atoms with Gasteiger partial charge in [-0.1, -0.05) is 55.3 Å². The Morgan fingerprint density at radius 1 is 1.34 bits per heavy atom. The average Bonchev–Trinajstić information content (AvgIpc) is 3.60. The molecule has 3 heterocycles. The number of epoxide rings is 1. The van der Waals surface area contributed by atoms with Crippen LogP contribution >= 0.6 is 11.6 Å². The molecular weight excluding hydrogens is 546 g/mol. The Morgan fingerprint density at radius 3 is 2.73 bits per heavy atom. The Bertz CT molecular complexity index is 1280. The molecule has 2 fully saturated rings. The molecule has 1 aromatic rings. The van der Waals surface area contributed by atoms with Crippen LogP contribution in [0, 0.1) is 18.8 Å². The Labute approximate surface area is 247 Å². The molecule has 4 bridgehead atoms. The minimum atomic E-state index is -1.30. The number of hydrogen-bond donors (Lipinski definition) is 3. The summed E-state index contributed by atoms with van der Waals surface area (Å²) in [5.74, 6) is -1.16. The molecule has 0 saturated carbocycles. The molecule has 10 heteroatoms. The number of carbonyl (C=O) groups is 2. The third-order valence-electron chi connectivity index (χ3n) is 8.60. The van der Waals surface area contributed by atoms with Crippen molar-refractivity contribution in [2.75, 3.05) is 18.5 Å². The maximum atomic E-state index is 13.6. The van der Waals surface area contributed by atoms with Crippen molar-refractivity contribution in [1.82, 2.24) is 5.32 Å². The quantitative estimate of drug-likeness (QED) is 0.351. The summed E-state index contributed by atoms with van der Waals surface area (Å²) >= 11 is 6.67. The number of benzene rings is 1. The Hall–Kier alpha value is -2.85. The minimum Gasteiger partial charge on any atom is -0.476 e. The summed E-state index contributed by atoms with van der Waals surface area (Å²) in [6.45, 7) is 13.3. The molecule has 224 valence electrons. The van der Waals surface area contributed by atoms with Crippen LogP contribution in [0.1, 0.15) is 51.7 Å². The third-order valence-corrected chi connectivity index (χ3v) is 9.09. The van der Waals surface area contributed by atoms with Gasteiger partial charge in [0, 0.05) is 25.3 Å². The number of carbonyl (C=O) groups excluding carboxylic acids is 2. The zero-order chi connectivity index (χ0) is 30.3. The highest BCUT2D eigenvalue weighted by atomic mass is 35.5. The summed E-state index contributed by atoms with van der Waals surface area (Å²) in [4.78, 5) is 27.5. The fourth-order valence-electron chi connectivity index (χ4n) is 5.86. The van der Waals surface area contributed by atoms with Crippen molar-refractivity contribution in [3.63, 3.8) is 0 Å². The van der Waals surface area contributed by atoms with E-state index in [-0.39, 0.29) is 43.0 Å². The highest BCUT2D eigenvalue weighted by Gasteiger charge is 2.64. The lowest BCUT2D eigenvalue weighted by Crippen LogP contribution is -2.57. The predicted octanol–water partition coefficient (Wildman–Crippen LogP) is 3.90. The van der Waals surface area contributed by atoms with Gasteiger partial charge >= 0.3 is 5.97 Å². The number of nitrogens with one attached hydrogen (secondary N) is 1. The van der Waals surface area contributed by atoms with Gasteiger partial charge in [-0.25, -0.2) is 0 Å². The largest absolute Gasteiger partial charge is 0.476 e. The standard InChI is InChI=1S/C31H42ClN3O6/c1-17-9-8-10-19(3)31(38)15-24(39-21(5)34-31)20(4)29-30(6,41-29)25(40-27(37)16-33)14-26(36)35(7)23-13-22(11-17)12-18(2)28(23)32/h8-10,12-13,19-20,24-25,29,34,38H,5,11,14-16,33H2,1-4,6-7H3/b10-8+,17-9+/t19-,20-,24+,25+,29+,30+,31+/m1/s1. The molecule has 1 aromatic carbocycles. The van der Waals surface area contributed by atoms with Gasteiger partial charge in [0.05, 0.1) is 29.8 Å². The maximum absolute atomic E-state index is 13.6. The number of nitrogens with two attached hydrogens (primary N) is 1. The van der Waals surface area contributed by atoms with Crippen molar-refractivity contribution >= 4 is 29.2 Å². The molecule has 7 atom stereocenters. The number of allylic oxidation sites excluding steroid dienone is 3. The van der Waals surface area contributed by atoms with E-state index in [0.29, 0.717) is 17.1 Å². The van der Waals surface area contributed by atoms with E-state index >= 15 is 0 Å². The van der Waals surface area contributed by atoms with Crippen molar-refractivity contribution in [3.05, 3.63) is 64.5 Å². The second-order valence-corrected chi connectivity index (χ2v) is 12.2. The summed E-state index contributed by atoms with van der Waals surface area (Å²) < 4.78 is 17.9. The van der Waals surface area contributed by atoms with Gasteiger partial charge in [0.1, 0.15) is 23.5 Å². The van der Waals surface area contributed by atoms with Gasteiger partial charge in [0.15, 0.2) is 5.88 Å². The maximum Gasteiger partial charge on any atom is 0.320 e. The summed E-state index contributed by atoms with van der Waals surface area (Å²) in [6.07, 6.45) is 4.94. The summed E-state index contributed by atoms with van der Waals surface area (Å²) in [7, 11) is 1.66. The fraction of sp³-hybridized carbons (Fsp3) is 0.548. The van der Waals surface area contributed by atoms with Crippen LogP contribution in [0.15, 0.2) is 48.4 Å². The third kappa shape index (κ3) is 6.48. The zero-order valence-corrected chi connectivity index (χ0v) is 25.5. The first-order valence-electron chi connectivity index (χ1n) is 14.0. The van der Waals surface area contributed by atoms with E-state index in [9.17, 15) is 14.7 Å². The molecule has 3 aliphatic heterocycles. The number of hydrogen-bond acceptors (Lipinski definition) is 8. The molecule has 0 radical (unpaired) electrons. The van der Waals surface area contributed by atoms with Gasteiger partial charge < -0.3 is 35.3 Å². The first kappa shape index (κ1) is 31.1. The van der Waals surface area contributed by atoms with Crippen LogP contribution in [-0.4, -0.2) is 60.2 Å². The van der Waals surface area contributed by atoms with E-state index in [0.717, 1.165) is 16.7 Å². The van der Waals surface area contributed by atoms with Gasteiger partial charge in [0.2, 0.25) is 5.91 Å². The molecule has 4 rings (SSSR count). The molecule has 1 amide bonds. The first-order valence-corrected chi connectivity index (χ1v) is 14.4. The van der Waals surface area contributed by atoms with Gasteiger partial charge in [-0.3, -0.25) is 9.59 Å². The number of nitrogens with zero attached hydrogens (tertiary/aromatic N) is 1. The molecule has 2 saturated heterocycles. The van der Waals surface area contributed by atoms with Crippen molar-refractivity contribution in [2.45, 2.75) is 83.5 Å². The topological polar surface area (TPSA) is 127 Å². The van der Waals surface area contributed by atoms with Crippen LogP contribution in [-0.2, 0) is 30.2 Å². The van der Waals surface area contributed by atoms with Crippen molar-refractivity contribution in [3.8, 4) is 0 Å². The molecule has 9 nitrogen and oxygen atoms in total. The average molecular weight is 588 g/mol. The number of halogens is 1.